The fraction of sp³-hybridized carbons (Fsp3) is 0.357. The first kappa shape index (κ1) is 11.9. The summed E-state index contributed by atoms with van der Waals surface area (Å²) in [4.78, 5) is 4.26. The first-order valence-corrected chi connectivity index (χ1v) is 5.90. The first-order chi connectivity index (χ1) is 8.15. The molecule has 0 aromatic carbocycles. The highest BCUT2D eigenvalue weighted by molar-refractivity contribution is 5.56. The zero-order valence-corrected chi connectivity index (χ0v) is 10.5. The van der Waals surface area contributed by atoms with Crippen molar-refractivity contribution >= 4 is 0 Å². The highest BCUT2D eigenvalue weighted by atomic mass is 16.3. The molecule has 0 spiro atoms. The maximum absolute atomic E-state index is 5.76. The van der Waals surface area contributed by atoms with E-state index in [-0.39, 0.29) is 0 Å². The molecule has 3 nitrogen and oxygen atoms in total. The van der Waals surface area contributed by atoms with Crippen LogP contribution >= 0.6 is 0 Å². The van der Waals surface area contributed by atoms with Crippen molar-refractivity contribution in [2.24, 2.45) is 0 Å². The molecule has 0 aliphatic rings. The summed E-state index contributed by atoms with van der Waals surface area (Å²) >= 11 is 0. The third-order valence-corrected chi connectivity index (χ3v) is 2.54. The Bertz CT molecular complexity index is 471. The molecule has 2 aromatic rings. The second kappa shape index (κ2) is 5.15. The number of hydrogen-bond acceptors (Lipinski definition) is 3. The van der Waals surface area contributed by atoms with Crippen molar-refractivity contribution in [2.75, 3.05) is 0 Å². The van der Waals surface area contributed by atoms with Gasteiger partial charge in [0.2, 0.25) is 0 Å². The van der Waals surface area contributed by atoms with Gasteiger partial charge in [0.25, 0.3) is 0 Å². The number of rotatable bonds is 4. The molecule has 2 aromatic heterocycles. The Morgan fingerprint density at radius 2 is 2.06 bits per heavy atom. The second-order valence-electron chi connectivity index (χ2n) is 4.49. The van der Waals surface area contributed by atoms with Gasteiger partial charge in [0, 0.05) is 23.5 Å². The van der Waals surface area contributed by atoms with Crippen LogP contribution in [0.15, 0.2) is 34.9 Å². The van der Waals surface area contributed by atoms with Crippen LogP contribution in [0.2, 0.25) is 0 Å². The van der Waals surface area contributed by atoms with E-state index in [1.165, 1.54) is 0 Å². The van der Waals surface area contributed by atoms with Gasteiger partial charge >= 0.3 is 0 Å². The van der Waals surface area contributed by atoms with E-state index in [2.05, 4.69) is 24.1 Å². The van der Waals surface area contributed by atoms with Gasteiger partial charge in [0.05, 0.1) is 6.54 Å². The number of nitrogens with zero attached hydrogens (tertiary/aromatic N) is 1. The van der Waals surface area contributed by atoms with Gasteiger partial charge in [-0.2, -0.15) is 0 Å². The number of aromatic nitrogens is 1. The van der Waals surface area contributed by atoms with Crippen LogP contribution in [0.1, 0.15) is 25.3 Å². The summed E-state index contributed by atoms with van der Waals surface area (Å²) in [5.74, 6) is 1.83. The Morgan fingerprint density at radius 1 is 1.24 bits per heavy atom. The van der Waals surface area contributed by atoms with Crippen LogP contribution in [-0.2, 0) is 6.54 Å². The largest absolute Gasteiger partial charge is 0.460 e. The van der Waals surface area contributed by atoms with Gasteiger partial charge in [0.1, 0.15) is 11.5 Å². The lowest BCUT2D eigenvalue weighted by molar-refractivity contribution is 0.473. The second-order valence-corrected chi connectivity index (χ2v) is 4.49. The highest BCUT2D eigenvalue weighted by Crippen LogP contribution is 2.21. The minimum Gasteiger partial charge on any atom is -0.460 e. The van der Waals surface area contributed by atoms with E-state index in [1.807, 2.05) is 37.4 Å². The van der Waals surface area contributed by atoms with Gasteiger partial charge in [-0.3, -0.25) is 4.98 Å². The molecular weight excluding hydrogens is 212 g/mol. The van der Waals surface area contributed by atoms with Crippen molar-refractivity contribution in [3.63, 3.8) is 0 Å². The lowest BCUT2D eigenvalue weighted by Gasteiger charge is -2.05. The fourth-order valence-corrected chi connectivity index (χ4v) is 1.55. The average molecular weight is 230 g/mol. The van der Waals surface area contributed by atoms with E-state index in [4.69, 9.17) is 4.42 Å². The summed E-state index contributed by atoms with van der Waals surface area (Å²) in [6.07, 6.45) is 1.84. The average Bonchev–Trinajstić information content (AvgIpc) is 2.76. The van der Waals surface area contributed by atoms with Gasteiger partial charge in [-0.15, -0.1) is 0 Å². The minimum absolute atomic E-state index is 0.463. The van der Waals surface area contributed by atoms with Crippen LogP contribution in [-0.4, -0.2) is 11.0 Å². The zero-order valence-electron chi connectivity index (χ0n) is 10.5. The maximum atomic E-state index is 5.76. The van der Waals surface area contributed by atoms with Crippen LogP contribution in [0.5, 0.6) is 0 Å². The normalized spacial score (nSPS) is 11.1. The van der Waals surface area contributed by atoms with Gasteiger partial charge in [-0.25, -0.2) is 0 Å². The van der Waals surface area contributed by atoms with E-state index < -0.39 is 0 Å². The van der Waals surface area contributed by atoms with Crippen LogP contribution in [0.25, 0.3) is 11.3 Å². The van der Waals surface area contributed by atoms with Crippen molar-refractivity contribution in [3.8, 4) is 11.3 Å². The standard InChI is InChI=1S/C14H18N2O/c1-10(2)15-9-13-6-7-14(17-13)12-5-4-11(3)16-8-12/h4-8,10,15H,9H2,1-3H3. The number of nitrogens with one attached hydrogen (secondary N) is 1. The van der Waals surface area contributed by atoms with Gasteiger partial charge in [-0.05, 0) is 31.2 Å². The number of furan rings is 1. The molecule has 0 saturated heterocycles. The smallest absolute Gasteiger partial charge is 0.135 e. The molecule has 2 heterocycles. The molecule has 0 aliphatic carbocycles. The van der Waals surface area contributed by atoms with Crippen molar-refractivity contribution in [1.29, 1.82) is 0 Å². The summed E-state index contributed by atoms with van der Waals surface area (Å²) in [6.45, 7) is 6.97. The quantitative estimate of drug-likeness (QED) is 0.876. The monoisotopic (exact) mass is 230 g/mol. The molecule has 17 heavy (non-hydrogen) atoms. The summed E-state index contributed by atoms with van der Waals surface area (Å²) < 4.78 is 5.76. The molecule has 90 valence electrons. The third-order valence-electron chi connectivity index (χ3n) is 2.54. The van der Waals surface area contributed by atoms with Crippen LogP contribution in [0, 0.1) is 6.92 Å². The van der Waals surface area contributed by atoms with E-state index in [0.717, 1.165) is 29.3 Å². The SMILES string of the molecule is Cc1ccc(-c2ccc(CNC(C)C)o2)cn1. The highest BCUT2D eigenvalue weighted by Gasteiger charge is 2.05. The molecule has 3 heteroatoms. The van der Waals surface area contributed by atoms with Gasteiger partial charge in [-0.1, -0.05) is 13.8 Å². The Morgan fingerprint density at radius 3 is 2.71 bits per heavy atom. The number of aryl methyl sites for hydroxylation is 1. The Balaban J connectivity index is 2.10. The summed E-state index contributed by atoms with van der Waals surface area (Å²) in [5.41, 5.74) is 2.04. The van der Waals surface area contributed by atoms with Crippen molar-refractivity contribution in [1.82, 2.24) is 10.3 Å². The lowest BCUT2D eigenvalue weighted by atomic mass is 10.2. The van der Waals surface area contributed by atoms with Crippen LogP contribution < -0.4 is 5.32 Å². The number of hydrogen-bond donors (Lipinski definition) is 1. The molecule has 0 fully saturated rings. The Labute approximate surface area is 102 Å². The fourth-order valence-electron chi connectivity index (χ4n) is 1.55. The maximum Gasteiger partial charge on any atom is 0.135 e. The predicted molar refractivity (Wildman–Crippen MR) is 68.7 cm³/mol. The lowest BCUT2D eigenvalue weighted by Crippen LogP contribution is -2.21. The summed E-state index contributed by atoms with van der Waals surface area (Å²) in [5, 5.41) is 3.33. The Hall–Kier alpha value is -1.61. The van der Waals surface area contributed by atoms with Crippen molar-refractivity contribution in [3.05, 3.63) is 41.9 Å². The molecule has 0 aliphatic heterocycles. The van der Waals surface area contributed by atoms with E-state index >= 15 is 0 Å². The predicted octanol–water partition coefficient (Wildman–Crippen LogP) is 3.15. The molecule has 1 N–H and O–H groups in total. The molecular formula is C14H18N2O. The van der Waals surface area contributed by atoms with Crippen LogP contribution in [0.4, 0.5) is 0 Å². The molecule has 2 rings (SSSR count). The molecule has 0 radical (unpaired) electrons. The van der Waals surface area contributed by atoms with Crippen molar-refractivity contribution < 1.29 is 4.42 Å². The summed E-state index contributed by atoms with van der Waals surface area (Å²) in [6, 6.07) is 8.48. The zero-order chi connectivity index (χ0) is 12.3. The van der Waals surface area contributed by atoms with E-state index in [0.29, 0.717) is 6.04 Å². The third kappa shape index (κ3) is 3.17. The molecule has 0 atom stereocenters. The van der Waals surface area contributed by atoms with Gasteiger partial charge < -0.3 is 9.73 Å². The molecule has 0 amide bonds. The first-order valence-electron chi connectivity index (χ1n) is 5.90. The minimum atomic E-state index is 0.463. The number of pyridine rings is 1. The molecule has 0 unspecified atom stereocenters. The summed E-state index contributed by atoms with van der Waals surface area (Å²) in [7, 11) is 0. The van der Waals surface area contributed by atoms with Crippen molar-refractivity contribution in [2.45, 2.75) is 33.4 Å². The van der Waals surface area contributed by atoms with E-state index in [1.54, 1.807) is 0 Å². The Kier molecular flexibility index (Phi) is 3.59. The molecule has 0 bridgehead atoms. The van der Waals surface area contributed by atoms with Gasteiger partial charge in [0.15, 0.2) is 0 Å². The topological polar surface area (TPSA) is 38.1 Å². The van der Waals surface area contributed by atoms with Crippen LogP contribution in [0.3, 0.4) is 0 Å². The van der Waals surface area contributed by atoms with E-state index in [9.17, 15) is 0 Å². The molecule has 0 saturated carbocycles.